The van der Waals surface area contributed by atoms with E-state index in [1.807, 2.05) is 11.8 Å². The molecule has 0 heterocycles. The van der Waals surface area contributed by atoms with E-state index in [9.17, 15) is 0 Å². The smallest absolute Gasteiger partial charge is 0.0503 e. The predicted molar refractivity (Wildman–Crippen MR) is 334 cm³/mol. The van der Waals surface area contributed by atoms with Gasteiger partial charge in [0.2, 0.25) is 0 Å². The standard InChI is InChI=1S/C72H79N5S/c1-10-29-56(30-11-1)73(57-31-12-2-13-32-57)66-49-67(74(58-33-14-3-15-34-58)59-35-16-4-17-36-59)51-68(50-66)77(64-45-26-9-27-46-64)65-47-28-48-71(53-65)78-72-54-69(75(60-37-18-5-19-38-60)61-39-20-6-21-40-61)52-70(55-72)76(62-41-22-7-23-42-62)63-43-24-8-25-44-63/h1-2,5-6,9-13,18-21,26-32,37-40,45-55,58-59,62-63H,3-4,7-8,14-17,22-25,33-36,41-44H2. The number of nitrogens with zero attached hydrogens (tertiary/aromatic N) is 5. The average molecular weight is 1050 g/mol. The van der Waals surface area contributed by atoms with Gasteiger partial charge in [-0.2, -0.15) is 0 Å². The van der Waals surface area contributed by atoms with Gasteiger partial charge in [-0.15, -0.1) is 0 Å². The van der Waals surface area contributed by atoms with E-state index in [0.717, 1.165) is 22.7 Å². The highest BCUT2D eigenvalue weighted by Gasteiger charge is 2.33. The summed E-state index contributed by atoms with van der Waals surface area (Å²) in [5.41, 5.74) is 13.2. The summed E-state index contributed by atoms with van der Waals surface area (Å²) in [6, 6.07) is 81.8. The Labute approximate surface area is 470 Å². The highest BCUT2D eigenvalue weighted by molar-refractivity contribution is 7.99. The molecule has 0 aliphatic heterocycles. The van der Waals surface area contributed by atoms with Crippen molar-refractivity contribution in [3.63, 3.8) is 0 Å². The van der Waals surface area contributed by atoms with Gasteiger partial charge in [-0.25, -0.2) is 0 Å². The molecule has 4 aliphatic carbocycles. The normalized spacial score (nSPS) is 16.8. The van der Waals surface area contributed by atoms with Crippen LogP contribution in [0.4, 0.5) is 62.6 Å². The second kappa shape index (κ2) is 25.3. The molecule has 5 nitrogen and oxygen atoms in total. The molecule has 0 bridgehead atoms. The molecule has 398 valence electrons. The van der Waals surface area contributed by atoms with E-state index >= 15 is 0 Å². The van der Waals surface area contributed by atoms with Crippen LogP contribution in [0, 0.1) is 0 Å². The minimum Gasteiger partial charge on any atom is -0.365 e. The van der Waals surface area contributed by atoms with Gasteiger partial charge in [-0.1, -0.05) is 186 Å². The molecule has 6 heteroatoms. The van der Waals surface area contributed by atoms with Gasteiger partial charge in [0.1, 0.15) is 0 Å². The third kappa shape index (κ3) is 12.1. The fourth-order valence-electron chi connectivity index (χ4n) is 13.8. The molecule has 0 amide bonds. The Morgan fingerprint density at radius 3 is 0.821 bits per heavy atom. The molecule has 0 unspecified atom stereocenters. The van der Waals surface area contributed by atoms with Gasteiger partial charge in [-0.05, 0) is 167 Å². The molecule has 8 aromatic rings. The van der Waals surface area contributed by atoms with Gasteiger partial charge in [-0.3, -0.25) is 0 Å². The van der Waals surface area contributed by atoms with Gasteiger partial charge in [0.05, 0.1) is 11.4 Å². The third-order valence-corrected chi connectivity index (χ3v) is 18.4. The molecule has 0 aromatic heterocycles. The largest absolute Gasteiger partial charge is 0.365 e. The van der Waals surface area contributed by atoms with E-state index < -0.39 is 0 Å². The summed E-state index contributed by atoms with van der Waals surface area (Å²) in [4.78, 5) is 15.8. The van der Waals surface area contributed by atoms with Crippen molar-refractivity contribution in [2.75, 3.05) is 24.5 Å². The lowest BCUT2D eigenvalue weighted by Gasteiger charge is -2.44. The van der Waals surface area contributed by atoms with E-state index in [1.165, 1.54) is 178 Å². The summed E-state index contributed by atoms with van der Waals surface area (Å²) in [5, 5.41) is 0. The molecule has 4 saturated carbocycles. The summed E-state index contributed by atoms with van der Waals surface area (Å²) < 4.78 is 0. The van der Waals surface area contributed by atoms with Crippen LogP contribution in [0.2, 0.25) is 0 Å². The maximum Gasteiger partial charge on any atom is 0.0503 e. The fraction of sp³-hybridized carbons (Fsp3) is 0.333. The molecule has 0 saturated heterocycles. The maximum atomic E-state index is 2.93. The van der Waals surface area contributed by atoms with Crippen molar-refractivity contribution < 1.29 is 0 Å². The Hall–Kier alpha value is -6.89. The quantitative estimate of drug-likeness (QED) is 0.0897. The van der Waals surface area contributed by atoms with Crippen molar-refractivity contribution in [2.24, 2.45) is 0 Å². The van der Waals surface area contributed by atoms with Crippen LogP contribution in [0.25, 0.3) is 0 Å². The number of benzene rings is 8. The number of hydrogen-bond donors (Lipinski definition) is 0. The molecule has 8 aromatic carbocycles. The van der Waals surface area contributed by atoms with Gasteiger partial charge in [0.25, 0.3) is 0 Å². The van der Waals surface area contributed by atoms with Gasteiger partial charge in [0, 0.05) is 85.1 Å². The molecule has 4 fully saturated rings. The van der Waals surface area contributed by atoms with Crippen molar-refractivity contribution >= 4 is 74.3 Å². The summed E-state index contributed by atoms with van der Waals surface area (Å²) in [6.07, 6.45) is 26.0. The van der Waals surface area contributed by atoms with Crippen LogP contribution in [-0.4, -0.2) is 24.2 Å². The first kappa shape index (κ1) is 51.8. The second-order valence-electron chi connectivity index (χ2n) is 22.7. The summed E-state index contributed by atoms with van der Waals surface area (Å²) in [7, 11) is 0. The first-order valence-electron chi connectivity index (χ1n) is 30.0. The monoisotopic (exact) mass is 1050 g/mol. The molecule has 4 aliphatic rings. The first-order chi connectivity index (χ1) is 38.7. The van der Waals surface area contributed by atoms with Crippen LogP contribution in [0.1, 0.15) is 128 Å². The van der Waals surface area contributed by atoms with Crippen LogP contribution in [0.15, 0.2) is 222 Å². The molecule has 78 heavy (non-hydrogen) atoms. The highest BCUT2D eigenvalue weighted by Crippen LogP contribution is 2.48. The lowest BCUT2D eigenvalue weighted by atomic mass is 9.88. The third-order valence-electron chi connectivity index (χ3n) is 17.4. The molecule has 12 rings (SSSR count). The molecular formula is C72H79N5S. The number of hydrogen-bond acceptors (Lipinski definition) is 6. The molecule has 0 N–H and O–H groups in total. The minimum absolute atomic E-state index is 0.532. The Kier molecular flexibility index (Phi) is 16.8. The minimum atomic E-state index is 0.532. The Bertz CT molecular complexity index is 3000. The van der Waals surface area contributed by atoms with E-state index in [4.69, 9.17) is 0 Å². The van der Waals surface area contributed by atoms with Crippen LogP contribution >= 0.6 is 11.8 Å². The number of rotatable bonds is 17. The average Bonchev–Trinajstić information content (AvgIpc) is 3.56. The summed E-state index contributed by atoms with van der Waals surface area (Å²) in [6.45, 7) is 0. The van der Waals surface area contributed by atoms with Crippen molar-refractivity contribution in [3.8, 4) is 0 Å². The van der Waals surface area contributed by atoms with E-state index in [1.54, 1.807) is 0 Å². The summed E-state index contributed by atoms with van der Waals surface area (Å²) in [5.74, 6) is 0. The van der Waals surface area contributed by atoms with E-state index in [-0.39, 0.29) is 0 Å². The highest BCUT2D eigenvalue weighted by atomic mass is 32.2. The molecule has 0 radical (unpaired) electrons. The van der Waals surface area contributed by atoms with Gasteiger partial charge >= 0.3 is 0 Å². The zero-order chi connectivity index (χ0) is 52.3. The Balaban J connectivity index is 1.01. The molecule has 0 atom stereocenters. The summed E-state index contributed by atoms with van der Waals surface area (Å²) >= 11 is 1.91. The lowest BCUT2D eigenvalue weighted by molar-refractivity contribution is 0.340. The van der Waals surface area contributed by atoms with Crippen LogP contribution in [0.3, 0.4) is 0 Å². The Morgan fingerprint density at radius 2 is 0.474 bits per heavy atom. The Morgan fingerprint density at radius 1 is 0.218 bits per heavy atom. The number of anilines is 11. The van der Waals surface area contributed by atoms with Gasteiger partial charge in [0.15, 0.2) is 0 Å². The lowest BCUT2D eigenvalue weighted by Crippen LogP contribution is -2.45. The maximum absolute atomic E-state index is 2.93. The van der Waals surface area contributed by atoms with Crippen LogP contribution < -0.4 is 24.5 Å². The topological polar surface area (TPSA) is 16.2 Å². The van der Waals surface area contributed by atoms with Crippen molar-refractivity contribution in [1.29, 1.82) is 0 Å². The van der Waals surface area contributed by atoms with Gasteiger partial charge < -0.3 is 24.5 Å². The fourth-order valence-corrected chi connectivity index (χ4v) is 14.8. The molecular weight excluding hydrogens is 967 g/mol. The van der Waals surface area contributed by atoms with Crippen molar-refractivity contribution in [3.05, 3.63) is 212 Å². The zero-order valence-electron chi connectivity index (χ0n) is 45.8. The first-order valence-corrected chi connectivity index (χ1v) is 30.8. The predicted octanol–water partition coefficient (Wildman–Crippen LogP) is 21.2. The van der Waals surface area contributed by atoms with Crippen LogP contribution in [0.5, 0.6) is 0 Å². The second-order valence-corrected chi connectivity index (χ2v) is 23.8. The molecule has 0 spiro atoms. The zero-order valence-corrected chi connectivity index (χ0v) is 46.6. The van der Waals surface area contributed by atoms with E-state index in [0.29, 0.717) is 24.2 Å². The van der Waals surface area contributed by atoms with E-state index in [2.05, 4.69) is 237 Å². The SMILES string of the molecule is c1ccc(N(c2ccccc2)c2cc(Sc3cccc(N(c4ccccc4)c4cc(N(c5ccccc5)c5ccccc5)cc(N(C5CCCCC5)C5CCCCC5)c4)c3)cc(N(C3CCCCC3)C3CCCCC3)c2)cc1. The van der Waals surface area contributed by atoms with Crippen LogP contribution in [-0.2, 0) is 0 Å². The van der Waals surface area contributed by atoms with Crippen molar-refractivity contribution in [1.82, 2.24) is 0 Å². The number of para-hydroxylation sites is 5. The van der Waals surface area contributed by atoms with Crippen molar-refractivity contribution in [2.45, 2.75) is 162 Å².